The lowest BCUT2D eigenvalue weighted by Crippen LogP contribution is -2.08. The van der Waals surface area contributed by atoms with Gasteiger partial charge < -0.3 is 9.47 Å². The summed E-state index contributed by atoms with van der Waals surface area (Å²) in [6.45, 7) is 6.77. The Kier molecular flexibility index (Phi) is 4.99. The highest BCUT2D eigenvalue weighted by Crippen LogP contribution is 2.20. The maximum absolute atomic E-state index is 12.0. The smallest absolute Gasteiger partial charge is 0.343 e. The van der Waals surface area contributed by atoms with Crippen molar-refractivity contribution in [3.63, 3.8) is 0 Å². The van der Waals surface area contributed by atoms with E-state index >= 15 is 0 Å². The summed E-state index contributed by atoms with van der Waals surface area (Å²) in [5.74, 6) is 1.39. The average Bonchev–Trinajstić information content (AvgIpc) is 2.49. The van der Waals surface area contributed by atoms with Gasteiger partial charge in [0, 0.05) is 0 Å². The summed E-state index contributed by atoms with van der Waals surface area (Å²) in [6, 6.07) is 14.5. The van der Waals surface area contributed by atoms with Crippen LogP contribution in [0.25, 0.3) is 0 Å². The first-order chi connectivity index (χ1) is 10.1. The van der Waals surface area contributed by atoms with Gasteiger partial charge in [0.05, 0.1) is 12.2 Å². The van der Waals surface area contributed by atoms with Crippen molar-refractivity contribution in [2.45, 2.75) is 26.7 Å². The Balaban J connectivity index is 2.03. The molecule has 21 heavy (non-hydrogen) atoms. The van der Waals surface area contributed by atoms with Crippen LogP contribution in [0, 0.1) is 0 Å². The van der Waals surface area contributed by atoms with E-state index in [1.165, 1.54) is 5.56 Å². The number of carbonyl (C=O) groups is 1. The summed E-state index contributed by atoms with van der Waals surface area (Å²) in [4.78, 5) is 12.0. The highest BCUT2D eigenvalue weighted by atomic mass is 16.5. The van der Waals surface area contributed by atoms with E-state index in [0.717, 1.165) is 5.75 Å². The largest absolute Gasteiger partial charge is 0.494 e. The van der Waals surface area contributed by atoms with Gasteiger partial charge in [-0.1, -0.05) is 26.0 Å². The monoisotopic (exact) mass is 284 g/mol. The fourth-order valence-electron chi connectivity index (χ4n) is 1.94. The Morgan fingerprint density at radius 1 is 0.952 bits per heavy atom. The first-order valence-corrected chi connectivity index (χ1v) is 7.15. The third kappa shape index (κ3) is 4.09. The van der Waals surface area contributed by atoms with Crippen LogP contribution in [0.4, 0.5) is 0 Å². The molecule has 0 fully saturated rings. The zero-order valence-electron chi connectivity index (χ0n) is 12.6. The third-order valence-corrected chi connectivity index (χ3v) is 3.16. The van der Waals surface area contributed by atoms with Crippen molar-refractivity contribution >= 4 is 5.97 Å². The highest BCUT2D eigenvalue weighted by molar-refractivity contribution is 5.91. The van der Waals surface area contributed by atoms with E-state index in [1.54, 1.807) is 24.3 Å². The Hall–Kier alpha value is -2.29. The molecule has 110 valence electrons. The van der Waals surface area contributed by atoms with Gasteiger partial charge in [0.2, 0.25) is 0 Å². The molecule has 0 saturated heterocycles. The van der Waals surface area contributed by atoms with Gasteiger partial charge in [-0.2, -0.15) is 0 Å². The summed E-state index contributed by atoms with van der Waals surface area (Å²) < 4.78 is 10.7. The van der Waals surface area contributed by atoms with E-state index in [2.05, 4.69) is 13.8 Å². The van der Waals surface area contributed by atoms with E-state index in [9.17, 15) is 4.79 Å². The van der Waals surface area contributed by atoms with Gasteiger partial charge in [0.25, 0.3) is 0 Å². The molecule has 0 bridgehead atoms. The fraction of sp³-hybridized carbons (Fsp3) is 0.278. The Morgan fingerprint density at radius 2 is 1.52 bits per heavy atom. The molecule has 2 aromatic rings. The lowest BCUT2D eigenvalue weighted by atomic mass is 10.0. The van der Waals surface area contributed by atoms with Gasteiger partial charge in [-0.15, -0.1) is 0 Å². The predicted molar refractivity (Wildman–Crippen MR) is 83.1 cm³/mol. The Labute approximate surface area is 125 Å². The van der Waals surface area contributed by atoms with Crippen LogP contribution < -0.4 is 9.47 Å². The molecule has 0 aromatic heterocycles. The van der Waals surface area contributed by atoms with Crippen molar-refractivity contribution in [3.05, 3.63) is 59.7 Å². The van der Waals surface area contributed by atoms with Crippen LogP contribution in [-0.4, -0.2) is 12.6 Å². The second-order valence-electron chi connectivity index (χ2n) is 5.07. The molecule has 0 heterocycles. The molecule has 3 nitrogen and oxygen atoms in total. The van der Waals surface area contributed by atoms with Gasteiger partial charge in [0.1, 0.15) is 11.5 Å². The SMILES string of the molecule is CCOc1ccc(C(=O)Oc2ccc(C(C)C)cc2)cc1. The van der Waals surface area contributed by atoms with Crippen LogP contribution >= 0.6 is 0 Å². The predicted octanol–water partition coefficient (Wildman–Crippen LogP) is 4.43. The fourth-order valence-corrected chi connectivity index (χ4v) is 1.94. The molecular formula is C18H20O3. The summed E-state index contributed by atoms with van der Waals surface area (Å²) in [5, 5.41) is 0. The first kappa shape index (κ1) is 15.1. The van der Waals surface area contributed by atoms with Gasteiger partial charge in [-0.05, 0) is 54.8 Å². The molecule has 0 unspecified atom stereocenters. The van der Waals surface area contributed by atoms with Crippen LogP contribution in [0.1, 0.15) is 42.6 Å². The quantitative estimate of drug-likeness (QED) is 0.602. The maximum Gasteiger partial charge on any atom is 0.343 e. The lowest BCUT2D eigenvalue weighted by Gasteiger charge is -2.08. The Morgan fingerprint density at radius 3 is 2.05 bits per heavy atom. The van der Waals surface area contributed by atoms with E-state index in [0.29, 0.717) is 23.8 Å². The van der Waals surface area contributed by atoms with E-state index in [4.69, 9.17) is 9.47 Å². The molecule has 2 aromatic carbocycles. The summed E-state index contributed by atoms with van der Waals surface area (Å²) >= 11 is 0. The average molecular weight is 284 g/mol. The molecule has 0 aliphatic carbocycles. The van der Waals surface area contributed by atoms with Crippen molar-refractivity contribution in [1.29, 1.82) is 0 Å². The zero-order valence-corrected chi connectivity index (χ0v) is 12.6. The van der Waals surface area contributed by atoms with Gasteiger partial charge in [-0.25, -0.2) is 4.79 Å². The van der Waals surface area contributed by atoms with Crippen molar-refractivity contribution in [3.8, 4) is 11.5 Å². The highest BCUT2D eigenvalue weighted by Gasteiger charge is 2.09. The summed E-state index contributed by atoms with van der Waals surface area (Å²) in [5.41, 5.74) is 1.72. The lowest BCUT2D eigenvalue weighted by molar-refractivity contribution is 0.0734. The molecule has 0 aliphatic rings. The van der Waals surface area contributed by atoms with Crippen molar-refractivity contribution in [2.75, 3.05) is 6.61 Å². The molecule has 0 atom stereocenters. The van der Waals surface area contributed by atoms with Gasteiger partial charge in [0.15, 0.2) is 0 Å². The van der Waals surface area contributed by atoms with E-state index < -0.39 is 0 Å². The minimum Gasteiger partial charge on any atom is -0.494 e. The molecule has 3 heteroatoms. The normalized spacial score (nSPS) is 10.5. The van der Waals surface area contributed by atoms with Gasteiger partial charge >= 0.3 is 5.97 Å². The number of esters is 1. The molecule has 0 radical (unpaired) electrons. The van der Waals surface area contributed by atoms with E-state index in [1.807, 2.05) is 31.2 Å². The minimum absolute atomic E-state index is 0.365. The summed E-state index contributed by atoms with van der Waals surface area (Å²) in [7, 11) is 0. The van der Waals surface area contributed by atoms with Crippen LogP contribution in [0.15, 0.2) is 48.5 Å². The molecule has 0 aliphatic heterocycles. The minimum atomic E-state index is -0.365. The topological polar surface area (TPSA) is 35.5 Å². The van der Waals surface area contributed by atoms with Crippen molar-refractivity contribution < 1.29 is 14.3 Å². The maximum atomic E-state index is 12.0. The molecule has 2 rings (SSSR count). The molecule has 0 N–H and O–H groups in total. The number of hydrogen-bond donors (Lipinski definition) is 0. The number of hydrogen-bond acceptors (Lipinski definition) is 3. The van der Waals surface area contributed by atoms with Crippen LogP contribution in [0.5, 0.6) is 11.5 Å². The van der Waals surface area contributed by atoms with Crippen LogP contribution in [0.2, 0.25) is 0 Å². The molecular weight excluding hydrogens is 264 g/mol. The number of rotatable bonds is 5. The molecule has 0 spiro atoms. The standard InChI is InChI=1S/C18H20O3/c1-4-20-16-9-7-15(8-10-16)18(19)21-17-11-5-14(6-12-17)13(2)3/h5-13H,4H2,1-3H3. The summed E-state index contributed by atoms with van der Waals surface area (Å²) in [6.07, 6.45) is 0. The number of carbonyl (C=O) groups excluding carboxylic acids is 1. The number of ether oxygens (including phenoxy) is 2. The second kappa shape index (κ2) is 6.93. The van der Waals surface area contributed by atoms with Gasteiger partial charge in [-0.3, -0.25) is 0 Å². The molecule has 0 amide bonds. The Bertz CT molecular complexity index is 583. The van der Waals surface area contributed by atoms with Crippen molar-refractivity contribution in [1.82, 2.24) is 0 Å². The van der Waals surface area contributed by atoms with Crippen LogP contribution in [0.3, 0.4) is 0 Å². The van der Waals surface area contributed by atoms with E-state index in [-0.39, 0.29) is 5.97 Å². The number of benzene rings is 2. The van der Waals surface area contributed by atoms with Crippen molar-refractivity contribution in [2.24, 2.45) is 0 Å². The second-order valence-corrected chi connectivity index (χ2v) is 5.07. The molecule has 0 saturated carbocycles. The van der Waals surface area contributed by atoms with Crippen LogP contribution in [-0.2, 0) is 0 Å². The zero-order chi connectivity index (χ0) is 15.2. The third-order valence-electron chi connectivity index (χ3n) is 3.16. The first-order valence-electron chi connectivity index (χ1n) is 7.15.